The third kappa shape index (κ3) is 6.10. The van der Waals surface area contributed by atoms with E-state index < -0.39 is 31.6 Å². The van der Waals surface area contributed by atoms with Crippen molar-refractivity contribution in [1.82, 2.24) is 4.90 Å². The second kappa shape index (κ2) is 7.39. The van der Waals surface area contributed by atoms with Crippen molar-refractivity contribution in [2.45, 2.75) is 13.2 Å². The van der Waals surface area contributed by atoms with E-state index in [1.54, 1.807) is 0 Å². The number of rotatable bonds is 8. The summed E-state index contributed by atoms with van der Waals surface area (Å²) >= 11 is 0. The van der Waals surface area contributed by atoms with Crippen LogP contribution in [0.15, 0.2) is 24.3 Å². The molecule has 0 aliphatic heterocycles. The van der Waals surface area contributed by atoms with Crippen molar-refractivity contribution in [3.05, 3.63) is 29.8 Å². The SMILES string of the molecule is O=C(O)CN(CC(=O)O)Cc1ccc(OC(F)F)cc1. The van der Waals surface area contributed by atoms with E-state index in [1.807, 2.05) is 0 Å². The Hall–Kier alpha value is -2.22. The maximum Gasteiger partial charge on any atom is 0.387 e. The number of halogens is 2. The molecule has 0 fully saturated rings. The molecular weight excluding hydrogens is 276 g/mol. The topological polar surface area (TPSA) is 87.1 Å². The molecule has 6 nitrogen and oxygen atoms in total. The van der Waals surface area contributed by atoms with Crippen LogP contribution in [-0.2, 0) is 16.1 Å². The summed E-state index contributed by atoms with van der Waals surface area (Å²) in [5, 5.41) is 17.4. The van der Waals surface area contributed by atoms with Gasteiger partial charge in [-0.2, -0.15) is 8.78 Å². The van der Waals surface area contributed by atoms with Crippen LogP contribution in [0.4, 0.5) is 8.78 Å². The van der Waals surface area contributed by atoms with Crippen LogP contribution in [-0.4, -0.2) is 46.8 Å². The normalized spacial score (nSPS) is 10.8. The van der Waals surface area contributed by atoms with Gasteiger partial charge in [0.1, 0.15) is 5.75 Å². The molecule has 0 aromatic heterocycles. The van der Waals surface area contributed by atoms with E-state index in [0.717, 1.165) is 0 Å². The van der Waals surface area contributed by atoms with Crippen LogP contribution in [0.5, 0.6) is 5.75 Å². The van der Waals surface area contributed by atoms with Crippen molar-refractivity contribution >= 4 is 11.9 Å². The minimum atomic E-state index is -2.92. The van der Waals surface area contributed by atoms with E-state index in [4.69, 9.17) is 10.2 Å². The summed E-state index contributed by atoms with van der Waals surface area (Å²) in [5.41, 5.74) is 0.592. The molecule has 1 aromatic rings. The van der Waals surface area contributed by atoms with Crippen LogP contribution < -0.4 is 4.74 Å². The largest absolute Gasteiger partial charge is 0.480 e. The zero-order valence-corrected chi connectivity index (χ0v) is 10.3. The minimum Gasteiger partial charge on any atom is -0.480 e. The molecule has 0 spiro atoms. The number of carbonyl (C=O) groups is 2. The first-order valence-corrected chi connectivity index (χ1v) is 5.56. The zero-order valence-electron chi connectivity index (χ0n) is 10.3. The predicted molar refractivity (Wildman–Crippen MR) is 63.6 cm³/mol. The molecule has 0 saturated heterocycles. The second-order valence-corrected chi connectivity index (χ2v) is 3.96. The fraction of sp³-hybridized carbons (Fsp3) is 0.333. The molecule has 0 aliphatic carbocycles. The molecule has 0 bridgehead atoms. The predicted octanol–water partition coefficient (Wildman–Crippen LogP) is 1.26. The first-order valence-electron chi connectivity index (χ1n) is 5.56. The monoisotopic (exact) mass is 289 g/mol. The van der Waals surface area contributed by atoms with Crippen molar-refractivity contribution in [3.8, 4) is 5.75 Å². The summed E-state index contributed by atoms with van der Waals surface area (Å²) in [6, 6.07) is 5.55. The summed E-state index contributed by atoms with van der Waals surface area (Å²) in [5.74, 6) is -2.32. The summed E-state index contributed by atoms with van der Waals surface area (Å²) in [4.78, 5) is 22.4. The number of carboxylic acids is 2. The van der Waals surface area contributed by atoms with Crippen molar-refractivity contribution in [2.24, 2.45) is 0 Å². The number of nitrogens with zero attached hydrogens (tertiary/aromatic N) is 1. The van der Waals surface area contributed by atoms with Gasteiger partial charge >= 0.3 is 18.6 Å². The Kier molecular flexibility index (Phi) is 5.85. The number of carboxylic acid groups (broad SMARTS) is 2. The number of hydrogen-bond donors (Lipinski definition) is 2. The maximum atomic E-state index is 12.0. The Balaban J connectivity index is 2.67. The molecular formula is C12H13F2NO5. The van der Waals surface area contributed by atoms with E-state index in [0.29, 0.717) is 5.56 Å². The Labute approximate surface area is 113 Å². The quantitative estimate of drug-likeness (QED) is 0.749. The van der Waals surface area contributed by atoms with E-state index in [1.165, 1.54) is 29.2 Å². The summed E-state index contributed by atoms with van der Waals surface area (Å²) in [7, 11) is 0. The average molecular weight is 289 g/mol. The summed E-state index contributed by atoms with van der Waals surface area (Å²) in [6.07, 6.45) is 0. The standard InChI is InChI=1S/C12H13F2NO5/c13-12(14)20-9-3-1-8(2-4-9)5-15(6-10(16)17)7-11(18)19/h1-4,12H,5-7H2,(H,16,17)(H,18,19). The molecule has 0 saturated carbocycles. The van der Waals surface area contributed by atoms with Gasteiger partial charge in [-0.15, -0.1) is 0 Å². The zero-order chi connectivity index (χ0) is 15.1. The van der Waals surface area contributed by atoms with Crippen LogP contribution in [0.1, 0.15) is 5.56 Å². The molecule has 1 rings (SSSR count). The smallest absolute Gasteiger partial charge is 0.387 e. The van der Waals surface area contributed by atoms with E-state index in [2.05, 4.69) is 4.74 Å². The lowest BCUT2D eigenvalue weighted by atomic mass is 10.2. The Morgan fingerprint density at radius 2 is 1.60 bits per heavy atom. The molecule has 0 heterocycles. The molecule has 0 amide bonds. The maximum absolute atomic E-state index is 12.0. The van der Waals surface area contributed by atoms with Gasteiger partial charge in [-0.05, 0) is 17.7 Å². The Bertz CT molecular complexity index is 447. The van der Waals surface area contributed by atoms with Gasteiger partial charge in [-0.1, -0.05) is 12.1 Å². The molecule has 8 heteroatoms. The summed E-state index contributed by atoms with van der Waals surface area (Å²) < 4.78 is 28.1. The van der Waals surface area contributed by atoms with Crippen LogP contribution in [0, 0.1) is 0 Å². The number of hydrogen-bond acceptors (Lipinski definition) is 4. The molecule has 0 atom stereocenters. The van der Waals surface area contributed by atoms with Gasteiger partial charge in [0.25, 0.3) is 0 Å². The number of benzene rings is 1. The number of alkyl halides is 2. The first-order chi connectivity index (χ1) is 9.36. The van der Waals surface area contributed by atoms with Gasteiger partial charge in [0.05, 0.1) is 13.1 Å². The molecule has 1 aromatic carbocycles. The van der Waals surface area contributed by atoms with E-state index >= 15 is 0 Å². The van der Waals surface area contributed by atoms with Gasteiger partial charge in [-0.25, -0.2) is 0 Å². The molecule has 20 heavy (non-hydrogen) atoms. The highest BCUT2D eigenvalue weighted by Gasteiger charge is 2.14. The molecule has 110 valence electrons. The molecule has 2 N–H and O–H groups in total. The minimum absolute atomic E-state index is 0.0215. The lowest BCUT2D eigenvalue weighted by Gasteiger charge is -2.18. The van der Waals surface area contributed by atoms with Crippen LogP contribution in [0.2, 0.25) is 0 Å². The summed E-state index contributed by atoms with van der Waals surface area (Å²) in [6.45, 7) is -3.70. The van der Waals surface area contributed by atoms with Gasteiger partial charge < -0.3 is 14.9 Å². The van der Waals surface area contributed by atoms with Gasteiger partial charge in [0.2, 0.25) is 0 Å². The third-order valence-corrected chi connectivity index (χ3v) is 2.27. The lowest BCUT2D eigenvalue weighted by Crippen LogP contribution is -2.33. The van der Waals surface area contributed by atoms with Crippen LogP contribution in [0.25, 0.3) is 0 Å². The second-order valence-electron chi connectivity index (χ2n) is 3.96. The average Bonchev–Trinajstić information content (AvgIpc) is 2.29. The van der Waals surface area contributed by atoms with Gasteiger partial charge in [-0.3, -0.25) is 14.5 Å². The fourth-order valence-corrected chi connectivity index (χ4v) is 1.58. The highest BCUT2D eigenvalue weighted by molar-refractivity contribution is 5.72. The van der Waals surface area contributed by atoms with E-state index in [-0.39, 0.29) is 12.3 Å². The van der Waals surface area contributed by atoms with Crippen molar-refractivity contribution in [1.29, 1.82) is 0 Å². The van der Waals surface area contributed by atoms with Crippen molar-refractivity contribution in [2.75, 3.05) is 13.1 Å². The first kappa shape index (κ1) is 15.8. The van der Waals surface area contributed by atoms with Gasteiger partial charge in [0, 0.05) is 6.54 Å². The Morgan fingerprint density at radius 3 is 2.00 bits per heavy atom. The highest BCUT2D eigenvalue weighted by atomic mass is 19.3. The Morgan fingerprint density at radius 1 is 1.10 bits per heavy atom. The molecule has 0 radical (unpaired) electrons. The fourth-order valence-electron chi connectivity index (χ4n) is 1.58. The van der Waals surface area contributed by atoms with Crippen molar-refractivity contribution in [3.63, 3.8) is 0 Å². The number of aliphatic carboxylic acids is 2. The lowest BCUT2D eigenvalue weighted by molar-refractivity contribution is -0.142. The van der Waals surface area contributed by atoms with E-state index in [9.17, 15) is 18.4 Å². The van der Waals surface area contributed by atoms with Crippen LogP contribution >= 0.6 is 0 Å². The third-order valence-electron chi connectivity index (χ3n) is 2.27. The molecule has 0 aliphatic rings. The van der Waals surface area contributed by atoms with Crippen molar-refractivity contribution < 1.29 is 33.3 Å². The number of ether oxygens (including phenoxy) is 1. The molecule has 0 unspecified atom stereocenters. The van der Waals surface area contributed by atoms with Gasteiger partial charge in [0.15, 0.2) is 0 Å². The van der Waals surface area contributed by atoms with Crippen LogP contribution in [0.3, 0.4) is 0 Å². The highest BCUT2D eigenvalue weighted by Crippen LogP contribution is 2.15.